The van der Waals surface area contributed by atoms with Crippen molar-refractivity contribution >= 4 is 29.4 Å². The van der Waals surface area contributed by atoms with Gasteiger partial charge in [0.2, 0.25) is 5.91 Å². The first-order valence-electron chi connectivity index (χ1n) is 8.53. The van der Waals surface area contributed by atoms with Crippen LogP contribution in [-0.2, 0) is 11.3 Å². The van der Waals surface area contributed by atoms with Crippen LogP contribution in [0.5, 0.6) is 0 Å². The highest BCUT2D eigenvalue weighted by molar-refractivity contribution is 7.98. The predicted molar refractivity (Wildman–Crippen MR) is 103 cm³/mol. The minimum Gasteiger partial charge on any atom is -0.352 e. The van der Waals surface area contributed by atoms with E-state index >= 15 is 0 Å². The zero-order chi connectivity index (χ0) is 18.4. The minimum absolute atomic E-state index is 0.0178. The third-order valence-corrected chi connectivity index (χ3v) is 4.98. The summed E-state index contributed by atoms with van der Waals surface area (Å²) in [6, 6.07) is 13.1. The highest BCUT2D eigenvalue weighted by Gasteiger charge is 2.25. The molecule has 3 amide bonds. The van der Waals surface area contributed by atoms with Gasteiger partial charge in [0.25, 0.3) is 0 Å². The first-order valence-corrected chi connectivity index (χ1v) is 9.76. The first-order chi connectivity index (χ1) is 12.6. The van der Waals surface area contributed by atoms with Crippen LogP contribution in [0.15, 0.2) is 53.6 Å². The summed E-state index contributed by atoms with van der Waals surface area (Å²) in [5, 5.41) is 5.86. The van der Waals surface area contributed by atoms with Gasteiger partial charge in [0.1, 0.15) is 0 Å². The Morgan fingerprint density at radius 1 is 1.31 bits per heavy atom. The number of nitrogens with zero attached hydrogens (tertiary/aromatic N) is 2. The number of anilines is 1. The molecule has 1 fully saturated rings. The molecular formula is C19H22N4O2S. The smallest absolute Gasteiger partial charge is 0.322 e. The van der Waals surface area contributed by atoms with E-state index in [9.17, 15) is 9.59 Å². The summed E-state index contributed by atoms with van der Waals surface area (Å²) in [7, 11) is 0. The second-order valence-electron chi connectivity index (χ2n) is 6.16. The van der Waals surface area contributed by atoms with Crippen molar-refractivity contribution < 1.29 is 9.59 Å². The van der Waals surface area contributed by atoms with Gasteiger partial charge in [-0.1, -0.05) is 6.07 Å². The third-order valence-electron chi connectivity index (χ3n) is 4.23. The molecule has 0 saturated carbocycles. The number of pyridine rings is 1. The zero-order valence-electron chi connectivity index (χ0n) is 14.6. The molecule has 1 aromatic heterocycles. The van der Waals surface area contributed by atoms with Crippen LogP contribution in [-0.4, -0.2) is 40.7 Å². The van der Waals surface area contributed by atoms with Crippen molar-refractivity contribution in [3.63, 3.8) is 0 Å². The van der Waals surface area contributed by atoms with Gasteiger partial charge in [0, 0.05) is 35.8 Å². The fourth-order valence-corrected chi connectivity index (χ4v) is 3.27. The molecule has 0 unspecified atom stereocenters. The molecule has 0 bridgehead atoms. The fourth-order valence-electron chi connectivity index (χ4n) is 2.86. The summed E-state index contributed by atoms with van der Waals surface area (Å²) < 4.78 is 0. The van der Waals surface area contributed by atoms with Crippen LogP contribution < -0.4 is 10.6 Å². The van der Waals surface area contributed by atoms with E-state index < -0.39 is 0 Å². The van der Waals surface area contributed by atoms with Crippen molar-refractivity contribution in [1.82, 2.24) is 15.2 Å². The van der Waals surface area contributed by atoms with Crippen LogP contribution in [0.2, 0.25) is 0 Å². The average Bonchev–Trinajstić information content (AvgIpc) is 3.07. The van der Waals surface area contributed by atoms with Gasteiger partial charge in [-0.15, -0.1) is 11.8 Å². The molecule has 2 aromatic rings. The molecule has 6 nitrogen and oxygen atoms in total. The lowest BCUT2D eigenvalue weighted by Crippen LogP contribution is -2.43. The molecule has 26 heavy (non-hydrogen) atoms. The van der Waals surface area contributed by atoms with Gasteiger partial charge in [-0.05, 0) is 49.1 Å². The van der Waals surface area contributed by atoms with Crippen molar-refractivity contribution in [3.8, 4) is 0 Å². The maximum absolute atomic E-state index is 12.8. The molecule has 2 heterocycles. The molecule has 136 valence electrons. The van der Waals surface area contributed by atoms with E-state index in [-0.39, 0.29) is 18.0 Å². The second kappa shape index (κ2) is 8.71. The van der Waals surface area contributed by atoms with Crippen LogP contribution in [0.3, 0.4) is 0 Å². The zero-order valence-corrected chi connectivity index (χ0v) is 15.5. The van der Waals surface area contributed by atoms with Gasteiger partial charge >= 0.3 is 6.03 Å². The molecule has 0 radical (unpaired) electrons. The highest BCUT2D eigenvalue weighted by Crippen LogP contribution is 2.18. The van der Waals surface area contributed by atoms with E-state index in [1.807, 2.05) is 48.7 Å². The van der Waals surface area contributed by atoms with Crippen LogP contribution in [0.4, 0.5) is 10.5 Å². The number of benzene rings is 1. The molecule has 2 N–H and O–H groups in total. The lowest BCUT2D eigenvalue weighted by Gasteiger charge is -2.26. The fraction of sp³-hybridized carbons (Fsp3) is 0.316. The number of carbonyl (C=O) groups is 2. The molecule has 3 rings (SSSR count). The monoisotopic (exact) mass is 370 g/mol. The number of amides is 3. The quantitative estimate of drug-likeness (QED) is 0.766. The van der Waals surface area contributed by atoms with Crippen LogP contribution in [0.1, 0.15) is 18.5 Å². The van der Waals surface area contributed by atoms with E-state index in [0.29, 0.717) is 19.5 Å². The van der Waals surface area contributed by atoms with E-state index in [1.54, 1.807) is 22.9 Å². The SMILES string of the molecule is CSc1ccc(NC(=O)N(Cc2ccccn2)C[C@@H]2CCC(=O)N2)cc1. The van der Waals surface area contributed by atoms with Gasteiger partial charge in [-0.3, -0.25) is 9.78 Å². The maximum atomic E-state index is 12.8. The van der Waals surface area contributed by atoms with Gasteiger partial charge < -0.3 is 15.5 Å². The van der Waals surface area contributed by atoms with Crippen molar-refractivity contribution in [2.75, 3.05) is 18.1 Å². The highest BCUT2D eigenvalue weighted by atomic mass is 32.2. The molecular weight excluding hydrogens is 348 g/mol. The number of rotatable bonds is 6. The number of thioether (sulfide) groups is 1. The topological polar surface area (TPSA) is 74.3 Å². The largest absolute Gasteiger partial charge is 0.352 e. The maximum Gasteiger partial charge on any atom is 0.322 e. The Kier molecular flexibility index (Phi) is 6.12. The molecule has 1 saturated heterocycles. The lowest BCUT2D eigenvalue weighted by atomic mass is 10.2. The van der Waals surface area contributed by atoms with Crippen molar-refractivity contribution in [1.29, 1.82) is 0 Å². The number of hydrogen-bond acceptors (Lipinski definition) is 4. The van der Waals surface area contributed by atoms with E-state index in [2.05, 4.69) is 15.6 Å². The number of nitrogens with one attached hydrogen (secondary N) is 2. The third kappa shape index (κ3) is 4.98. The van der Waals surface area contributed by atoms with Crippen molar-refractivity contribution in [2.24, 2.45) is 0 Å². The van der Waals surface area contributed by atoms with E-state index in [4.69, 9.17) is 0 Å². The van der Waals surface area contributed by atoms with E-state index in [0.717, 1.165) is 22.7 Å². The molecule has 0 spiro atoms. The average molecular weight is 370 g/mol. The van der Waals surface area contributed by atoms with Crippen LogP contribution >= 0.6 is 11.8 Å². The first kappa shape index (κ1) is 18.3. The summed E-state index contributed by atoms with van der Waals surface area (Å²) in [5.74, 6) is 0.0425. The number of hydrogen-bond donors (Lipinski definition) is 2. The Balaban J connectivity index is 1.69. The Morgan fingerprint density at radius 2 is 2.12 bits per heavy atom. The Labute approximate surface area is 157 Å². The van der Waals surface area contributed by atoms with Gasteiger partial charge in [0.05, 0.1) is 12.2 Å². The van der Waals surface area contributed by atoms with Crippen LogP contribution in [0, 0.1) is 0 Å². The standard InChI is InChI=1S/C19H22N4O2S/c1-26-17-8-5-14(6-9-17)22-19(25)23(12-15-4-2-3-11-20-15)13-16-7-10-18(24)21-16/h2-6,8-9,11,16H,7,10,12-13H2,1H3,(H,21,24)(H,22,25)/t16-/m0/s1. The molecule has 1 aliphatic heterocycles. The number of carbonyl (C=O) groups excluding carboxylic acids is 2. The van der Waals surface area contributed by atoms with Gasteiger partial charge in [-0.25, -0.2) is 4.79 Å². The predicted octanol–water partition coefficient (Wildman–Crippen LogP) is 3.12. The Hall–Kier alpha value is -2.54. The normalized spacial score (nSPS) is 16.2. The molecule has 1 aliphatic rings. The van der Waals surface area contributed by atoms with Gasteiger partial charge in [-0.2, -0.15) is 0 Å². The Bertz CT molecular complexity index is 752. The molecule has 0 aliphatic carbocycles. The molecule has 7 heteroatoms. The summed E-state index contributed by atoms with van der Waals surface area (Å²) in [6.45, 7) is 0.846. The van der Waals surface area contributed by atoms with Crippen molar-refractivity contribution in [2.45, 2.75) is 30.3 Å². The second-order valence-corrected chi connectivity index (χ2v) is 7.04. The number of urea groups is 1. The number of aromatic nitrogens is 1. The van der Waals surface area contributed by atoms with E-state index in [1.165, 1.54) is 0 Å². The summed E-state index contributed by atoms with van der Waals surface area (Å²) in [5.41, 5.74) is 1.55. The van der Waals surface area contributed by atoms with Crippen LogP contribution in [0.25, 0.3) is 0 Å². The minimum atomic E-state index is -0.200. The van der Waals surface area contributed by atoms with Gasteiger partial charge in [0.15, 0.2) is 0 Å². The summed E-state index contributed by atoms with van der Waals surface area (Å²) in [6.07, 6.45) is 4.98. The summed E-state index contributed by atoms with van der Waals surface area (Å²) >= 11 is 1.65. The molecule has 1 aromatic carbocycles. The Morgan fingerprint density at radius 3 is 2.73 bits per heavy atom. The molecule has 1 atom stereocenters. The summed E-state index contributed by atoms with van der Waals surface area (Å²) in [4.78, 5) is 31.4. The lowest BCUT2D eigenvalue weighted by molar-refractivity contribution is -0.119. The van der Waals surface area contributed by atoms with Crippen molar-refractivity contribution in [3.05, 3.63) is 54.4 Å².